The Kier molecular flexibility index (Phi) is 6.02. The number of amides is 1. The van der Waals surface area contributed by atoms with Gasteiger partial charge >= 0.3 is 0 Å². The van der Waals surface area contributed by atoms with Crippen LogP contribution in [0.4, 0.5) is 0 Å². The van der Waals surface area contributed by atoms with Gasteiger partial charge in [-0.1, -0.05) is 26.1 Å². The minimum atomic E-state index is -0.689. The first kappa shape index (κ1) is 15.4. The number of carbonyl (C=O) groups is 1. The number of thiocarbonyl (C=S) groups is 1. The highest BCUT2D eigenvalue weighted by molar-refractivity contribution is 7.80. The predicted octanol–water partition coefficient (Wildman–Crippen LogP) is 1.76. The van der Waals surface area contributed by atoms with Gasteiger partial charge in [0, 0.05) is 13.2 Å². The van der Waals surface area contributed by atoms with Gasteiger partial charge in [-0.05, 0) is 32.1 Å². The fraction of sp³-hybridized carbons (Fsp3) is 0.846. The summed E-state index contributed by atoms with van der Waals surface area (Å²) in [6.45, 7) is 5.37. The minimum Gasteiger partial charge on any atom is -0.392 e. The normalized spacial score (nSPS) is 19.8. The molecule has 0 saturated carbocycles. The molecular weight excluding hydrogens is 248 g/mol. The van der Waals surface area contributed by atoms with E-state index in [0.29, 0.717) is 30.5 Å². The molecule has 1 heterocycles. The van der Waals surface area contributed by atoms with E-state index >= 15 is 0 Å². The minimum absolute atomic E-state index is 0.0435. The monoisotopic (exact) mass is 272 g/mol. The lowest BCUT2D eigenvalue weighted by Crippen LogP contribution is -2.48. The number of nitrogens with two attached hydrogens (primary N) is 1. The zero-order chi connectivity index (χ0) is 13.6. The fourth-order valence-corrected chi connectivity index (χ4v) is 2.80. The average molecular weight is 272 g/mol. The second-order valence-electron chi connectivity index (χ2n) is 4.83. The maximum atomic E-state index is 12.2. The number of carbonyl (C=O) groups excluding carboxylic acids is 1. The van der Waals surface area contributed by atoms with Crippen LogP contribution < -0.4 is 11.1 Å². The van der Waals surface area contributed by atoms with Crippen LogP contribution in [0.5, 0.6) is 0 Å². The summed E-state index contributed by atoms with van der Waals surface area (Å²) >= 11 is 5.05. The molecule has 0 aliphatic carbocycles. The van der Waals surface area contributed by atoms with Crippen molar-refractivity contribution in [1.29, 1.82) is 0 Å². The third kappa shape index (κ3) is 3.42. The van der Waals surface area contributed by atoms with Gasteiger partial charge in [0.25, 0.3) is 0 Å². The summed E-state index contributed by atoms with van der Waals surface area (Å²) < 4.78 is 5.52. The summed E-state index contributed by atoms with van der Waals surface area (Å²) in [6, 6.07) is 0. The SMILES string of the molecule is CCC(CC)(C(=O)NCCC1CCCO1)C(N)=S. The summed E-state index contributed by atoms with van der Waals surface area (Å²) in [4.78, 5) is 12.5. The Bertz CT molecular complexity index is 297. The molecule has 5 heteroatoms. The molecule has 0 aromatic rings. The molecule has 1 aliphatic heterocycles. The van der Waals surface area contributed by atoms with Crippen LogP contribution in [-0.2, 0) is 9.53 Å². The average Bonchev–Trinajstić information content (AvgIpc) is 2.84. The van der Waals surface area contributed by atoms with Crippen molar-refractivity contribution < 1.29 is 9.53 Å². The lowest BCUT2D eigenvalue weighted by molar-refractivity contribution is -0.127. The molecule has 1 saturated heterocycles. The van der Waals surface area contributed by atoms with Crippen molar-refractivity contribution in [2.45, 2.75) is 52.1 Å². The molecule has 18 heavy (non-hydrogen) atoms. The van der Waals surface area contributed by atoms with Crippen LogP contribution in [0.25, 0.3) is 0 Å². The van der Waals surface area contributed by atoms with Crippen molar-refractivity contribution in [2.24, 2.45) is 11.1 Å². The molecule has 0 aromatic heterocycles. The van der Waals surface area contributed by atoms with Crippen LogP contribution >= 0.6 is 12.2 Å². The molecule has 4 nitrogen and oxygen atoms in total. The van der Waals surface area contributed by atoms with Crippen molar-refractivity contribution >= 4 is 23.1 Å². The smallest absolute Gasteiger partial charge is 0.233 e. The maximum Gasteiger partial charge on any atom is 0.233 e. The Balaban J connectivity index is 2.44. The number of ether oxygens (including phenoxy) is 1. The van der Waals surface area contributed by atoms with Crippen molar-refractivity contribution in [3.63, 3.8) is 0 Å². The fourth-order valence-electron chi connectivity index (χ4n) is 2.42. The van der Waals surface area contributed by atoms with Crippen LogP contribution in [0, 0.1) is 5.41 Å². The zero-order valence-corrected chi connectivity index (χ0v) is 12.1. The molecule has 1 unspecified atom stereocenters. The summed E-state index contributed by atoms with van der Waals surface area (Å²) in [5.74, 6) is -0.0435. The first-order chi connectivity index (χ1) is 8.56. The van der Waals surface area contributed by atoms with E-state index in [1.54, 1.807) is 0 Å². The molecule has 1 aliphatic rings. The maximum absolute atomic E-state index is 12.2. The van der Waals surface area contributed by atoms with E-state index in [0.717, 1.165) is 25.9 Å². The molecule has 1 atom stereocenters. The Labute approximate surface area is 115 Å². The Morgan fingerprint density at radius 3 is 2.61 bits per heavy atom. The van der Waals surface area contributed by atoms with Gasteiger partial charge in [-0.2, -0.15) is 0 Å². The summed E-state index contributed by atoms with van der Waals surface area (Å²) in [6.07, 6.45) is 4.67. The number of rotatable bonds is 7. The van der Waals surface area contributed by atoms with Crippen LogP contribution in [0.3, 0.4) is 0 Å². The van der Waals surface area contributed by atoms with E-state index in [4.69, 9.17) is 22.7 Å². The topological polar surface area (TPSA) is 64.3 Å². The summed E-state index contributed by atoms with van der Waals surface area (Å²) in [5.41, 5.74) is 5.04. The van der Waals surface area contributed by atoms with E-state index in [9.17, 15) is 4.79 Å². The molecule has 0 bridgehead atoms. The first-order valence-corrected chi connectivity index (χ1v) is 7.17. The van der Waals surface area contributed by atoms with Gasteiger partial charge in [-0.25, -0.2) is 0 Å². The molecule has 1 rings (SSSR count). The highest BCUT2D eigenvalue weighted by atomic mass is 32.1. The largest absolute Gasteiger partial charge is 0.392 e. The van der Waals surface area contributed by atoms with Crippen LogP contribution in [0.2, 0.25) is 0 Å². The van der Waals surface area contributed by atoms with E-state index in [-0.39, 0.29) is 5.91 Å². The van der Waals surface area contributed by atoms with E-state index in [1.807, 2.05) is 13.8 Å². The van der Waals surface area contributed by atoms with Crippen molar-refractivity contribution in [2.75, 3.05) is 13.2 Å². The molecule has 1 fully saturated rings. The number of hydrogen-bond donors (Lipinski definition) is 2. The predicted molar refractivity (Wildman–Crippen MR) is 76.4 cm³/mol. The number of nitrogens with one attached hydrogen (secondary N) is 1. The molecule has 104 valence electrons. The van der Waals surface area contributed by atoms with Gasteiger partial charge in [0.15, 0.2) is 0 Å². The van der Waals surface area contributed by atoms with Crippen LogP contribution in [-0.4, -0.2) is 30.2 Å². The van der Waals surface area contributed by atoms with Gasteiger partial charge in [-0.3, -0.25) is 4.79 Å². The molecular formula is C13H24N2O2S. The van der Waals surface area contributed by atoms with Gasteiger partial charge in [0.2, 0.25) is 5.91 Å². The Hall–Kier alpha value is -0.680. The second-order valence-corrected chi connectivity index (χ2v) is 5.27. The molecule has 3 N–H and O–H groups in total. The van der Waals surface area contributed by atoms with Gasteiger partial charge in [-0.15, -0.1) is 0 Å². The molecule has 0 radical (unpaired) electrons. The Morgan fingerprint density at radius 2 is 2.17 bits per heavy atom. The molecule has 0 spiro atoms. The second kappa shape index (κ2) is 7.04. The zero-order valence-electron chi connectivity index (χ0n) is 11.3. The standard InChI is InChI=1S/C13H24N2O2S/c1-3-13(4-2,11(14)18)12(16)15-8-7-10-6-5-9-17-10/h10H,3-9H2,1-2H3,(H2,14,18)(H,15,16). The lowest BCUT2D eigenvalue weighted by Gasteiger charge is -2.29. The molecule has 0 aromatic carbocycles. The lowest BCUT2D eigenvalue weighted by atomic mass is 9.81. The van der Waals surface area contributed by atoms with E-state index in [2.05, 4.69) is 5.32 Å². The molecule has 1 amide bonds. The Morgan fingerprint density at radius 1 is 1.50 bits per heavy atom. The highest BCUT2D eigenvalue weighted by Gasteiger charge is 2.37. The summed E-state index contributed by atoms with van der Waals surface area (Å²) in [5, 5.41) is 2.95. The van der Waals surface area contributed by atoms with Crippen LogP contribution in [0.15, 0.2) is 0 Å². The summed E-state index contributed by atoms with van der Waals surface area (Å²) in [7, 11) is 0. The van der Waals surface area contributed by atoms with Crippen molar-refractivity contribution in [3.05, 3.63) is 0 Å². The third-order valence-corrected chi connectivity index (χ3v) is 4.28. The van der Waals surface area contributed by atoms with E-state index in [1.165, 1.54) is 0 Å². The quantitative estimate of drug-likeness (QED) is 0.693. The van der Waals surface area contributed by atoms with Crippen molar-refractivity contribution in [1.82, 2.24) is 5.32 Å². The van der Waals surface area contributed by atoms with Crippen LogP contribution in [0.1, 0.15) is 46.0 Å². The van der Waals surface area contributed by atoms with Gasteiger partial charge in [0.1, 0.15) is 0 Å². The van der Waals surface area contributed by atoms with Crippen molar-refractivity contribution in [3.8, 4) is 0 Å². The first-order valence-electron chi connectivity index (χ1n) is 6.76. The van der Waals surface area contributed by atoms with Gasteiger partial charge < -0.3 is 15.8 Å². The third-order valence-electron chi connectivity index (χ3n) is 3.89. The van der Waals surface area contributed by atoms with E-state index < -0.39 is 5.41 Å². The number of hydrogen-bond acceptors (Lipinski definition) is 3. The highest BCUT2D eigenvalue weighted by Crippen LogP contribution is 2.27. The van der Waals surface area contributed by atoms with Gasteiger partial charge in [0.05, 0.1) is 16.5 Å².